The van der Waals surface area contributed by atoms with E-state index in [0.717, 1.165) is 23.5 Å². The third-order valence-electron chi connectivity index (χ3n) is 3.44. The van der Waals surface area contributed by atoms with Crippen LogP contribution in [0.15, 0.2) is 28.1 Å². The van der Waals surface area contributed by atoms with Crippen LogP contribution in [0.2, 0.25) is 0 Å². The Morgan fingerprint density at radius 2 is 1.86 bits per heavy atom. The zero-order valence-corrected chi connectivity index (χ0v) is 18.5. The van der Waals surface area contributed by atoms with E-state index in [4.69, 9.17) is 9.47 Å². The highest BCUT2D eigenvalue weighted by Crippen LogP contribution is 2.45. The Morgan fingerprint density at radius 3 is 2.41 bits per heavy atom. The highest BCUT2D eigenvalue weighted by atomic mass is 79.9. The summed E-state index contributed by atoms with van der Waals surface area (Å²) in [4.78, 5) is 24.7. The molecule has 0 saturated heterocycles. The highest BCUT2D eigenvalue weighted by Gasteiger charge is 2.32. The number of thiophene rings is 1. The minimum atomic E-state index is -4.54. The van der Waals surface area contributed by atoms with Gasteiger partial charge in [-0.2, -0.15) is 13.2 Å². The van der Waals surface area contributed by atoms with Crippen LogP contribution < -0.4 is 5.32 Å². The molecule has 1 amide bonds. The number of nitrogens with one attached hydrogen (secondary N) is 1. The molecule has 0 fully saturated rings. The van der Waals surface area contributed by atoms with Gasteiger partial charge < -0.3 is 9.47 Å². The highest BCUT2D eigenvalue weighted by molar-refractivity contribution is 9.11. The average molecular weight is 494 g/mol. The van der Waals surface area contributed by atoms with Crippen LogP contribution in [0.25, 0.3) is 11.1 Å². The molecule has 2 aromatic rings. The Balaban J connectivity index is 2.57. The first-order valence-electron chi connectivity index (χ1n) is 8.50. The van der Waals surface area contributed by atoms with Crippen LogP contribution in [0.4, 0.5) is 23.0 Å². The number of carbonyl (C=O) groups is 2. The second-order valence-corrected chi connectivity index (χ2v) is 9.22. The van der Waals surface area contributed by atoms with Crippen LogP contribution in [0, 0.1) is 0 Å². The molecule has 0 aliphatic heterocycles. The fourth-order valence-electron chi connectivity index (χ4n) is 2.39. The van der Waals surface area contributed by atoms with Crippen molar-refractivity contribution in [3.63, 3.8) is 0 Å². The molecule has 0 bridgehead atoms. The number of hydrogen-bond donors (Lipinski definition) is 1. The van der Waals surface area contributed by atoms with Crippen molar-refractivity contribution in [1.82, 2.24) is 0 Å². The van der Waals surface area contributed by atoms with Crippen molar-refractivity contribution in [3.8, 4) is 11.1 Å². The molecule has 1 aromatic carbocycles. The molecule has 5 nitrogen and oxygen atoms in total. The Morgan fingerprint density at radius 1 is 1.21 bits per heavy atom. The molecule has 1 N–H and O–H groups in total. The third-order valence-corrected chi connectivity index (χ3v) is 5.21. The number of ether oxygens (including phenoxy) is 2. The van der Waals surface area contributed by atoms with Gasteiger partial charge in [0.25, 0.3) is 0 Å². The Hall–Kier alpha value is -2.07. The molecular weight excluding hydrogens is 475 g/mol. The van der Waals surface area contributed by atoms with E-state index < -0.39 is 29.4 Å². The van der Waals surface area contributed by atoms with Gasteiger partial charge in [0.15, 0.2) is 0 Å². The summed E-state index contributed by atoms with van der Waals surface area (Å²) in [6.07, 6.45) is -5.34. The zero-order valence-electron chi connectivity index (χ0n) is 16.1. The van der Waals surface area contributed by atoms with Gasteiger partial charge in [-0.3, -0.25) is 5.32 Å². The molecular formula is C19H19BrF3NO4S. The fourth-order valence-corrected chi connectivity index (χ4v) is 4.23. The van der Waals surface area contributed by atoms with Gasteiger partial charge >= 0.3 is 18.2 Å². The lowest BCUT2D eigenvalue weighted by molar-refractivity contribution is -0.137. The molecule has 0 atom stereocenters. The average Bonchev–Trinajstić information content (AvgIpc) is 2.88. The summed E-state index contributed by atoms with van der Waals surface area (Å²) in [5.74, 6) is -0.770. The van der Waals surface area contributed by atoms with E-state index in [-0.39, 0.29) is 28.3 Å². The molecule has 1 heterocycles. The van der Waals surface area contributed by atoms with Crippen LogP contribution in [-0.2, 0) is 15.7 Å². The van der Waals surface area contributed by atoms with E-state index in [9.17, 15) is 22.8 Å². The van der Waals surface area contributed by atoms with Crippen molar-refractivity contribution in [2.24, 2.45) is 0 Å². The van der Waals surface area contributed by atoms with Crippen molar-refractivity contribution >= 4 is 44.3 Å². The maximum Gasteiger partial charge on any atom is 0.416 e. The summed E-state index contributed by atoms with van der Waals surface area (Å²) in [5.41, 5.74) is -1.32. The topological polar surface area (TPSA) is 64.6 Å². The van der Waals surface area contributed by atoms with E-state index in [2.05, 4.69) is 21.2 Å². The number of hydrogen-bond acceptors (Lipinski definition) is 5. The second-order valence-electron chi connectivity index (χ2n) is 6.88. The number of benzene rings is 1. The molecule has 1 aromatic heterocycles. The summed E-state index contributed by atoms with van der Waals surface area (Å²) in [6.45, 7) is 6.69. The minimum absolute atomic E-state index is 0.0473. The van der Waals surface area contributed by atoms with Crippen LogP contribution >= 0.6 is 27.3 Å². The van der Waals surface area contributed by atoms with Crippen molar-refractivity contribution in [2.45, 2.75) is 39.5 Å². The van der Waals surface area contributed by atoms with Gasteiger partial charge in [-0.1, -0.05) is 12.1 Å². The lowest BCUT2D eigenvalue weighted by atomic mass is 10.0. The van der Waals surface area contributed by atoms with Gasteiger partial charge in [0.1, 0.15) is 16.2 Å². The smallest absolute Gasteiger partial charge is 0.416 e. The van der Waals surface area contributed by atoms with Crippen molar-refractivity contribution in [1.29, 1.82) is 0 Å². The van der Waals surface area contributed by atoms with E-state index in [1.807, 2.05) is 0 Å². The maximum absolute atomic E-state index is 13.1. The number of alkyl halides is 3. The molecule has 10 heteroatoms. The Kier molecular flexibility index (Phi) is 7.00. The van der Waals surface area contributed by atoms with Gasteiger partial charge in [0, 0.05) is 5.56 Å². The molecule has 0 aliphatic carbocycles. The lowest BCUT2D eigenvalue weighted by Gasteiger charge is -2.19. The van der Waals surface area contributed by atoms with Gasteiger partial charge in [-0.05, 0) is 61.3 Å². The molecule has 0 aliphatic rings. The third kappa shape index (κ3) is 5.96. The number of halogens is 4. The molecule has 0 unspecified atom stereocenters. The van der Waals surface area contributed by atoms with Crippen molar-refractivity contribution < 1.29 is 32.2 Å². The molecule has 0 saturated carbocycles. The second kappa shape index (κ2) is 8.74. The predicted molar refractivity (Wildman–Crippen MR) is 108 cm³/mol. The first kappa shape index (κ1) is 23.2. The first-order chi connectivity index (χ1) is 13.3. The van der Waals surface area contributed by atoms with E-state index in [1.54, 1.807) is 27.7 Å². The summed E-state index contributed by atoms with van der Waals surface area (Å²) in [7, 11) is 0. The first-order valence-corrected chi connectivity index (χ1v) is 10.1. The van der Waals surface area contributed by atoms with Crippen LogP contribution in [-0.4, -0.2) is 24.3 Å². The SMILES string of the molecule is CCOC(=O)c1c(NC(=O)OC(C)(C)C)sc(Br)c1-c1cccc(C(F)(F)F)c1. The quantitative estimate of drug-likeness (QED) is 0.480. The van der Waals surface area contributed by atoms with E-state index in [0.29, 0.717) is 3.79 Å². The number of amides is 1. The van der Waals surface area contributed by atoms with Gasteiger partial charge in [-0.15, -0.1) is 11.3 Å². The van der Waals surface area contributed by atoms with E-state index >= 15 is 0 Å². The van der Waals surface area contributed by atoms with Crippen LogP contribution in [0.5, 0.6) is 0 Å². The summed E-state index contributed by atoms with van der Waals surface area (Å²) < 4.78 is 50.0. The number of esters is 1. The Labute approximate surface area is 178 Å². The predicted octanol–water partition coefficient (Wildman–Crippen LogP) is 6.72. The fraction of sp³-hybridized carbons (Fsp3) is 0.368. The van der Waals surface area contributed by atoms with Gasteiger partial charge in [-0.25, -0.2) is 9.59 Å². The molecule has 0 radical (unpaired) electrons. The van der Waals surface area contributed by atoms with Crippen molar-refractivity contribution in [2.75, 3.05) is 11.9 Å². The monoisotopic (exact) mass is 493 g/mol. The van der Waals surface area contributed by atoms with Crippen LogP contribution in [0.3, 0.4) is 0 Å². The molecule has 29 heavy (non-hydrogen) atoms. The zero-order chi connectivity index (χ0) is 22.0. The normalized spacial score (nSPS) is 11.9. The largest absolute Gasteiger partial charge is 0.462 e. The van der Waals surface area contributed by atoms with Crippen LogP contribution in [0.1, 0.15) is 43.6 Å². The maximum atomic E-state index is 13.1. The van der Waals surface area contributed by atoms with Crippen molar-refractivity contribution in [3.05, 3.63) is 39.2 Å². The van der Waals surface area contributed by atoms with Gasteiger partial charge in [0.05, 0.1) is 16.0 Å². The molecule has 0 spiro atoms. The number of rotatable bonds is 4. The minimum Gasteiger partial charge on any atom is -0.462 e. The standard InChI is InChI=1S/C19H19BrF3NO4S/c1-5-27-16(25)13-12(10-7-6-8-11(9-10)19(21,22)23)14(20)29-15(13)24-17(26)28-18(2,3)4/h6-9H,5H2,1-4H3,(H,24,26). The number of carbonyl (C=O) groups excluding carboxylic acids is 2. The van der Waals surface area contributed by atoms with Gasteiger partial charge in [0.2, 0.25) is 0 Å². The molecule has 2 rings (SSSR count). The lowest BCUT2D eigenvalue weighted by Crippen LogP contribution is -2.27. The summed E-state index contributed by atoms with van der Waals surface area (Å²) in [6, 6.07) is 4.57. The molecule has 158 valence electrons. The number of anilines is 1. The van der Waals surface area contributed by atoms with E-state index in [1.165, 1.54) is 12.1 Å². The Bertz CT molecular complexity index is 919. The summed E-state index contributed by atoms with van der Waals surface area (Å²) >= 11 is 4.27. The summed E-state index contributed by atoms with van der Waals surface area (Å²) in [5, 5.41) is 2.59.